The molecule has 4 rings (SSSR count). The van der Waals surface area contributed by atoms with Crippen LogP contribution in [0.1, 0.15) is 26.9 Å². The van der Waals surface area contributed by atoms with Gasteiger partial charge < -0.3 is 40.4 Å². The Morgan fingerprint density at radius 2 is 1.67 bits per heavy atom. The number of carbonyl (C=O) groups is 2. The van der Waals surface area contributed by atoms with E-state index in [4.69, 9.17) is 29.0 Å². The van der Waals surface area contributed by atoms with Crippen molar-refractivity contribution in [3.63, 3.8) is 0 Å². The molecule has 6 N–H and O–H groups in total. The van der Waals surface area contributed by atoms with Crippen molar-refractivity contribution >= 4 is 25.3 Å². The number of phosphoric ester groups is 1. The maximum Gasteiger partial charge on any atom is 0.472 e. The maximum absolute atomic E-state index is 12.3. The van der Waals surface area contributed by atoms with Gasteiger partial charge in [0.05, 0.1) is 26.4 Å². The summed E-state index contributed by atoms with van der Waals surface area (Å²) in [5, 5.41) is 23.5. The number of aliphatic hydroxyl groups excluding tert-OH is 2. The van der Waals surface area contributed by atoms with Gasteiger partial charge in [0.15, 0.2) is 18.5 Å². The number of hydrogen-bond donors (Lipinski definition) is 5. The summed E-state index contributed by atoms with van der Waals surface area (Å²) in [6.07, 6.45) is -2.25. The summed E-state index contributed by atoms with van der Waals surface area (Å²) < 4.78 is 40.0. The van der Waals surface area contributed by atoms with Gasteiger partial charge in [-0.3, -0.25) is 18.6 Å². The highest BCUT2D eigenvalue weighted by Crippen LogP contribution is 2.44. The largest absolute Gasteiger partial charge is 0.491 e. The van der Waals surface area contributed by atoms with E-state index in [9.17, 15) is 29.3 Å². The van der Waals surface area contributed by atoms with Crippen LogP contribution in [-0.2, 0) is 23.1 Å². The molecule has 0 radical (unpaired) electrons. The lowest BCUT2D eigenvalue weighted by molar-refractivity contribution is -0.765. The number of nitrogens with zero attached hydrogens (tertiary/aromatic N) is 1. The lowest BCUT2D eigenvalue weighted by atomic mass is 10.1. The maximum atomic E-state index is 12.3. The van der Waals surface area contributed by atoms with Crippen molar-refractivity contribution in [2.75, 3.05) is 38.4 Å². The van der Waals surface area contributed by atoms with E-state index in [2.05, 4.69) is 5.32 Å². The molecule has 0 aliphatic carbocycles. The highest BCUT2D eigenvalue weighted by Gasteiger charge is 2.49. The summed E-state index contributed by atoms with van der Waals surface area (Å²) in [4.78, 5) is 33.7. The van der Waals surface area contributed by atoms with Crippen molar-refractivity contribution in [1.82, 2.24) is 0 Å². The van der Waals surface area contributed by atoms with E-state index in [1.165, 1.54) is 29.1 Å². The number of anilines is 1. The Bertz CT molecular complexity index is 1430. The minimum atomic E-state index is -4.53. The molecule has 1 aliphatic heterocycles. The van der Waals surface area contributed by atoms with Crippen molar-refractivity contribution in [3.05, 3.63) is 90.3 Å². The van der Waals surface area contributed by atoms with Gasteiger partial charge in [-0.25, -0.2) is 4.57 Å². The van der Waals surface area contributed by atoms with E-state index in [0.29, 0.717) is 17.0 Å². The molecule has 1 saturated heterocycles. The third-order valence-corrected chi connectivity index (χ3v) is 7.23. The lowest BCUT2D eigenvalue weighted by Crippen LogP contribution is -2.46. The van der Waals surface area contributed by atoms with Gasteiger partial charge >= 0.3 is 7.82 Å². The van der Waals surface area contributed by atoms with Gasteiger partial charge in [0.25, 0.3) is 18.0 Å². The van der Waals surface area contributed by atoms with Crippen LogP contribution in [0.5, 0.6) is 5.75 Å². The van der Waals surface area contributed by atoms with E-state index in [1.54, 1.807) is 48.5 Å². The Labute approximate surface area is 247 Å². The molecule has 15 heteroatoms. The first-order chi connectivity index (χ1) is 20.6. The molecule has 2 aromatic carbocycles. The van der Waals surface area contributed by atoms with Crippen molar-refractivity contribution in [3.8, 4) is 5.75 Å². The highest BCUT2D eigenvalue weighted by atomic mass is 31.2. The number of nitrogens with one attached hydrogen (secondary N) is 1. The number of nitrogens with two attached hydrogens (primary N) is 1. The number of pyridine rings is 1. The zero-order valence-electron chi connectivity index (χ0n) is 22.9. The Hall–Kier alpha value is -3.72. The molecule has 2 heterocycles. The number of phosphoric acid groups is 1. The second-order valence-corrected chi connectivity index (χ2v) is 10.8. The molecule has 0 saturated carbocycles. The van der Waals surface area contributed by atoms with Gasteiger partial charge in [-0.2, -0.15) is 4.57 Å². The number of aliphatic hydroxyl groups is 2. The molecule has 1 aliphatic rings. The minimum absolute atomic E-state index is 0.0410. The molecular formula is C28H33N3O11P+. The summed E-state index contributed by atoms with van der Waals surface area (Å²) in [5.74, 6) is -0.415. The van der Waals surface area contributed by atoms with Crippen molar-refractivity contribution in [2.45, 2.75) is 24.5 Å². The van der Waals surface area contributed by atoms with Gasteiger partial charge in [0, 0.05) is 23.4 Å². The first kappa shape index (κ1) is 32.2. The Morgan fingerprint density at radius 3 is 2.44 bits per heavy atom. The van der Waals surface area contributed by atoms with Gasteiger partial charge in [-0.05, 0) is 30.3 Å². The Kier molecular flexibility index (Phi) is 11.3. The number of aromatic nitrogens is 1. The minimum Gasteiger partial charge on any atom is -0.491 e. The molecule has 1 fully saturated rings. The van der Waals surface area contributed by atoms with E-state index < -0.39 is 44.9 Å². The molecule has 230 valence electrons. The number of hydrogen-bond acceptors (Lipinski definition) is 10. The number of primary amides is 1. The Balaban J connectivity index is 1.12. The monoisotopic (exact) mass is 618 g/mol. The van der Waals surface area contributed by atoms with Crippen molar-refractivity contribution in [2.24, 2.45) is 5.73 Å². The van der Waals surface area contributed by atoms with E-state index in [0.717, 1.165) is 0 Å². The van der Waals surface area contributed by atoms with Crippen LogP contribution in [0, 0.1) is 0 Å². The molecule has 14 nitrogen and oxygen atoms in total. The first-order valence-corrected chi connectivity index (χ1v) is 14.7. The SMILES string of the molecule is NC(=O)c1ccc[n+]([C@@H]2O[C@H](COP(=O)(O)OCCOCCOc3cccc(NC(=O)c4ccccc4)c3)[C@@H](O)[C@H]2O)c1. The fourth-order valence-corrected chi connectivity index (χ4v) is 4.82. The van der Waals surface area contributed by atoms with Gasteiger partial charge in [-0.15, -0.1) is 0 Å². The van der Waals surface area contributed by atoms with Crippen LogP contribution in [0.25, 0.3) is 0 Å². The zero-order valence-corrected chi connectivity index (χ0v) is 23.8. The molecule has 3 aromatic rings. The fraction of sp³-hybridized carbons (Fsp3) is 0.321. The second kappa shape index (κ2) is 15.1. The van der Waals surface area contributed by atoms with Gasteiger partial charge in [0.2, 0.25) is 0 Å². The van der Waals surface area contributed by atoms with E-state index in [-0.39, 0.29) is 37.9 Å². The molecule has 5 atom stereocenters. The predicted octanol–water partition coefficient (Wildman–Crippen LogP) is 1.17. The first-order valence-electron chi connectivity index (χ1n) is 13.2. The van der Waals surface area contributed by atoms with Crippen LogP contribution in [0.3, 0.4) is 0 Å². The summed E-state index contributed by atoms with van der Waals surface area (Å²) in [7, 11) is -4.53. The van der Waals surface area contributed by atoms with Crippen LogP contribution >= 0.6 is 7.82 Å². The zero-order chi connectivity index (χ0) is 30.8. The Morgan fingerprint density at radius 1 is 0.930 bits per heavy atom. The number of amides is 2. The normalized spacial score (nSPS) is 21.2. The second-order valence-electron chi connectivity index (χ2n) is 9.36. The molecule has 43 heavy (non-hydrogen) atoms. The van der Waals surface area contributed by atoms with Gasteiger partial charge in [0.1, 0.15) is 30.1 Å². The molecule has 1 unspecified atom stereocenters. The standard InChI is InChI=1S/C28H32N3O11P/c29-26(34)20-8-5-11-31(17-20)28-25(33)24(32)23(42-28)18-41-43(36,37)40-15-13-38-12-14-39-22-10-4-9-21(16-22)30-27(35)19-6-2-1-3-7-19/h1-11,16-17,23-25,28,32-33H,12-15,18H2,(H3-,29,30,34,35,36,37)/p+1/t23-,24-,25-,28-/m1/s1. The van der Waals surface area contributed by atoms with Gasteiger partial charge in [-0.1, -0.05) is 24.3 Å². The molecular weight excluding hydrogens is 585 g/mol. The summed E-state index contributed by atoms with van der Waals surface area (Å²) in [6, 6.07) is 18.7. The average Bonchev–Trinajstić information content (AvgIpc) is 3.29. The van der Waals surface area contributed by atoms with E-state index >= 15 is 0 Å². The number of benzene rings is 2. The van der Waals surface area contributed by atoms with E-state index in [1.807, 2.05) is 6.07 Å². The quantitative estimate of drug-likeness (QED) is 0.0930. The third-order valence-electron chi connectivity index (χ3n) is 6.25. The number of carbonyl (C=O) groups excluding carboxylic acids is 2. The summed E-state index contributed by atoms with van der Waals surface area (Å²) >= 11 is 0. The smallest absolute Gasteiger partial charge is 0.472 e. The summed E-state index contributed by atoms with van der Waals surface area (Å²) in [5.41, 5.74) is 6.53. The lowest BCUT2D eigenvalue weighted by Gasteiger charge is -2.17. The molecule has 2 amide bonds. The van der Waals surface area contributed by atoms with Crippen molar-refractivity contribution < 1.29 is 57.1 Å². The fourth-order valence-electron chi connectivity index (χ4n) is 4.10. The highest BCUT2D eigenvalue weighted by molar-refractivity contribution is 7.47. The van der Waals surface area contributed by atoms with Crippen LogP contribution in [-0.4, -0.2) is 78.3 Å². The third kappa shape index (κ3) is 9.38. The molecule has 1 aromatic heterocycles. The number of rotatable bonds is 15. The van der Waals surface area contributed by atoms with Crippen LogP contribution in [0.4, 0.5) is 5.69 Å². The van der Waals surface area contributed by atoms with Crippen LogP contribution in [0.2, 0.25) is 0 Å². The topological polar surface area (TPSA) is 200 Å². The number of ether oxygens (including phenoxy) is 3. The van der Waals surface area contributed by atoms with Crippen LogP contribution < -0.4 is 20.4 Å². The average molecular weight is 619 g/mol. The van der Waals surface area contributed by atoms with Crippen molar-refractivity contribution in [1.29, 1.82) is 0 Å². The predicted molar refractivity (Wildman–Crippen MR) is 150 cm³/mol. The molecule has 0 bridgehead atoms. The summed E-state index contributed by atoms with van der Waals surface area (Å²) in [6.45, 7) is -0.552. The molecule has 0 spiro atoms. The van der Waals surface area contributed by atoms with Crippen LogP contribution in [0.15, 0.2) is 79.1 Å².